The third-order valence-electron chi connectivity index (χ3n) is 3.59. The number of pyridine rings is 1. The number of hydrogen-bond acceptors (Lipinski definition) is 2. The first kappa shape index (κ1) is 12.2. The van der Waals surface area contributed by atoms with Crippen molar-refractivity contribution in [3.63, 3.8) is 0 Å². The number of imidazole rings is 1. The molecule has 2 heterocycles. The quantitative estimate of drug-likeness (QED) is 0.767. The highest BCUT2D eigenvalue weighted by Gasteiger charge is 2.31. The highest BCUT2D eigenvalue weighted by atomic mass is 35.5. The molecule has 0 aliphatic heterocycles. The van der Waals surface area contributed by atoms with Crippen molar-refractivity contribution < 1.29 is 0 Å². The first-order chi connectivity index (χ1) is 8.56. The Balaban J connectivity index is 2.16. The molecule has 1 aliphatic carbocycles. The minimum atomic E-state index is -0.117. The monoisotopic (exact) mass is 283 g/mol. The van der Waals surface area contributed by atoms with Gasteiger partial charge in [-0.05, 0) is 31.7 Å². The number of nitrogens with zero attached hydrogens (tertiary/aromatic N) is 3. The summed E-state index contributed by atoms with van der Waals surface area (Å²) in [5.41, 5.74) is 1.74. The van der Waals surface area contributed by atoms with Crippen LogP contribution in [0.5, 0.6) is 0 Å². The normalized spacial score (nSPS) is 25.1. The number of rotatable bonds is 2. The van der Waals surface area contributed by atoms with Crippen LogP contribution < -0.4 is 0 Å². The third-order valence-corrected chi connectivity index (χ3v) is 4.00. The summed E-state index contributed by atoms with van der Waals surface area (Å²) in [4.78, 5) is 9.01. The second kappa shape index (κ2) is 4.39. The Kier molecular flexibility index (Phi) is 2.99. The maximum absolute atomic E-state index is 6.24. The SMILES string of the molecule is CC1CC(n2c(C(C)Cl)nc3cc(Cl)cnc32)C1. The summed E-state index contributed by atoms with van der Waals surface area (Å²) in [6.45, 7) is 4.21. The van der Waals surface area contributed by atoms with Crippen molar-refractivity contribution in [1.29, 1.82) is 0 Å². The maximum atomic E-state index is 6.24. The molecule has 2 aromatic heterocycles. The van der Waals surface area contributed by atoms with Crippen LogP contribution >= 0.6 is 23.2 Å². The number of alkyl halides is 1. The number of fused-ring (bicyclic) bond motifs is 1. The summed E-state index contributed by atoms with van der Waals surface area (Å²) in [6.07, 6.45) is 4.02. The van der Waals surface area contributed by atoms with E-state index in [9.17, 15) is 0 Å². The van der Waals surface area contributed by atoms with Gasteiger partial charge in [-0.25, -0.2) is 9.97 Å². The van der Waals surface area contributed by atoms with Gasteiger partial charge in [0.15, 0.2) is 5.65 Å². The van der Waals surface area contributed by atoms with E-state index < -0.39 is 0 Å². The minimum Gasteiger partial charge on any atom is -0.308 e. The van der Waals surface area contributed by atoms with Crippen LogP contribution in [0.25, 0.3) is 11.2 Å². The van der Waals surface area contributed by atoms with Crippen LogP contribution in [0.1, 0.15) is 43.9 Å². The molecule has 0 N–H and O–H groups in total. The molecule has 0 amide bonds. The molecule has 1 unspecified atom stereocenters. The van der Waals surface area contributed by atoms with E-state index in [-0.39, 0.29) is 5.38 Å². The zero-order chi connectivity index (χ0) is 12.9. The van der Waals surface area contributed by atoms with Crippen LogP contribution in [-0.4, -0.2) is 14.5 Å². The van der Waals surface area contributed by atoms with Crippen molar-refractivity contribution in [3.05, 3.63) is 23.1 Å². The van der Waals surface area contributed by atoms with Gasteiger partial charge in [0, 0.05) is 12.2 Å². The number of hydrogen-bond donors (Lipinski definition) is 0. The van der Waals surface area contributed by atoms with Gasteiger partial charge in [-0.1, -0.05) is 18.5 Å². The zero-order valence-corrected chi connectivity index (χ0v) is 11.9. The largest absolute Gasteiger partial charge is 0.308 e. The lowest BCUT2D eigenvalue weighted by atomic mass is 9.81. The summed E-state index contributed by atoms with van der Waals surface area (Å²) in [7, 11) is 0. The van der Waals surface area contributed by atoms with Crippen molar-refractivity contribution in [2.75, 3.05) is 0 Å². The van der Waals surface area contributed by atoms with Gasteiger partial charge >= 0.3 is 0 Å². The van der Waals surface area contributed by atoms with Crippen LogP contribution in [0.2, 0.25) is 5.02 Å². The summed E-state index contributed by atoms with van der Waals surface area (Å²) in [5, 5.41) is 0.497. The summed E-state index contributed by atoms with van der Waals surface area (Å²) >= 11 is 12.2. The van der Waals surface area contributed by atoms with E-state index in [4.69, 9.17) is 23.2 Å². The van der Waals surface area contributed by atoms with Crippen molar-refractivity contribution in [3.8, 4) is 0 Å². The van der Waals surface area contributed by atoms with Gasteiger partial charge in [0.25, 0.3) is 0 Å². The predicted molar refractivity (Wildman–Crippen MR) is 74.2 cm³/mol. The Morgan fingerprint density at radius 2 is 2.17 bits per heavy atom. The third kappa shape index (κ3) is 1.90. The zero-order valence-electron chi connectivity index (χ0n) is 10.4. The van der Waals surface area contributed by atoms with Crippen LogP contribution in [0.15, 0.2) is 12.3 Å². The van der Waals surface area contributed by atoms with Gasteiger partial charge in [0.1, 0.15) is 11.3 Å². The smallest absolute Gasteiger partial charge is 0.160 e. The van der Waals surface area contributed by atoms with Crippen molar-refractivity contribution in [2.24, 2.45) is 5.92 Å². The minimum absolute atomic E-state index is 0.117. The second-order valence-electron chi connectivity index (χ2n) is 5.18. The van der Waals surface area contributed by atoms with Gasteiger partial charge in [-0.2, -0.15) is 0 Å². The summed E-state index contributed by atoms with van der Waals surface area (Å²) in [6, 6.07) is 2.33. The van der Waals surface area contributed by atoms with E-state index in [1.54, 1.807) is 6.20 Å². The van der Waals surface area contributed by atoms with E-state index >= 15 is 0 Å². The van der Waals surface area contributed by atoms with Gasteiger partial charge in [-0.3, -0.25) is 0 Å². The molecule has 1 atom stereocenters. The van der Waals surface area contributed by atoms with E-state index in [2.05, 4.69) is 21.5 Å². The molecule has 3 rings (SSSR count). The van der Waals surface area contributed by atoms with E-state index in [1.165, 1.54) is 12.8 Å². The lowest BCUT2D eigenvalue weighted by Gasteiger charge is -2.35. The molecule has 0 saturated heterocycles. The Labute approximate surface area is 116 Å². The van der Waals surface area contributed by atoms with E-state index in [1.807, 2.05) is 13.0 Å². The van der Waals surface area contributed by atoms with E-state index in [0.29, 0.717) is 11.1 Å². The first-order valence-electron chi connectivity index (χ1n) is 6.23. The molecule has 0 bridgehead atoms. The van der Waals surface area contributed by atoms with Gasteiger partial charge in [-0.15, -0.1) is 11.6 Å². The molecule has 3 nitrogen and oxygen atoms in total. The predicted octanol–water partition coefficient (Wildman–Crippen LogP) is 4.36. The maximum Gasteiger partial charge on any atom is 0.160 e. The molecule has 0 aromatic carbocycles. The molecule has 5 heteroatoms. The molecule has 96 valence electrons. The lowest BCUT2D eigenvalue weighted by molar-refractivity contribution is 0.215. The first-order valence-corrected chi connectivity index (χ1v) is 7.05. The molecular weight excluding hydrogens is 269 g/mol. The highest BCUT2D eigenvalue weighted by molar-refractivity contribution is 6.31. The van der Waals surface area contributed by atoms with Crippen LogP contribution in [0.4, 0.5) is 0 Å². The van der Waals surface area contributed by atoms with Crippen LogP contribution in [-0.2, 0) is 0 Å². The second-order valence-corrected chi connectivity index (χ2v) is 6.27. The summed E-state index contributed by atoms with van der Waals surface area (Å²) in [5.74, 6) is 1.68. The molecule has 1 saturated carbocycles. The fourth-order valence-corrected chi connectivity index (χ4v) is 2.99. The van der Waals surface area contributed by atoms with Crippen LogP contribution in [0.3, 0.4) is 0 Å². The Morgan fingerprint density at radius 3 is 2.78 bits per heavy atom. The number of aromatic nitrogens is 3. The molecule has 2 aromatic rings. The molecule has 0 spiro atoms. The average Bonchev–Trinajstić information content (AvgIpc) is 2.63. The van der Waals surface area contributed by atoms with Gasteiger partial charge in [0.05, 0.1) is 10.4 Å². The molecule has 1 fully saturated rings. The fourth-order valence-electron chi connectivity index (χ4n) is 2.69. The number of halogens is 2. The molecule has 18 heavy (non-hydrogen) atoms. The highest BCUT2D eigenvalue weighted by Crippen LogP contribution is 2.41. The topological polar surface area (TPSA) is 30.7 Å². The average molecular weight is 284 g/mol. The van der Waals surface area contributed by atoms with Crippen molar-refractivity contribution >= 4 is 34.4 Å². The molecule has 0 radical (unpaired) electrons. The van der Waals surface area contributed by atoms with Crippen LogP contribution in [0, 0.1) is 5.92 Å². The Bertz CT molecular complexity index is 585. The summed E-state index contributed by atoms with van der Waals surface area (Å²) < 4.78 is 2.20. The molecule has 1 aliphatic rings. The molecular formula is C13H15Cl2N3. The van der Waals surface area contributed by atoms with Crippen molar-refractivity contribution in [1.82, 2.24) is 14.5 Å². The standard InChI is InChI=1S/C13H15Cl2N3/c1-7-3-10(4-7)18-12(8(2)14)17-11-5-9(15)6-16-13(11)18/h5-8,10H,3-4H2,1-2H3. The van der Waals surface area contributed by atoms with Crippen molar-refractivity contribution in [2.45, 2.75) is 38.1 Å². The lowest BCUT2D eigenvalue weighted by Crippen LogP contribution is -2.26. The Hall–Kier alpha value is -0.800. The Morgan fingerprint density at radius 1 is 1.44 bits per heavy atom. The fraction of sp³-hybridized carbons (Fsp3) is 0.538. The van der Waals surface area contributed by atoms with Gasteiger partial charge in [0.2, 0.25) is 0 Å². The van der Waals surface area contributed by atoms with Gasteiger partial charge < -0.3 is 4.57 Å². The van der Waals surface area contributed by atoms with E-state index in [0.717, 1.165) is 22.9 Å².